The van der Waals surface area contributed by atoms with Gasteiger partial charge in [-0.2, -0.15) is 0 Å². The summed E-state index contributed by atoms with van der Waals surface area (Å²) in [4.78, 5) is 28.1. The number of piperazine rings is 1. The molecule has 0 unspecified atom stereocenters. The van der Waals surface area contributed by atoms with Crippen molar-refractivity contribution in [2.75, 3.05) is 31.1 Å². The lowest BCUT2D eigenvalue weighted by Gasteiger charge is -2.41. The molecule has 2 aromatic carbocycles. The van der Waals surface area contributed by atoms with Crippen LogP contribution in [0.1, 0.15) is 34.7 Å². The standard InChI is InChI=1S/C22H24FN3O2/c23-19-5-1-15(2-6-19)17-13-18(14-17)22(28)26-11-9-25(10-12-26)20-7-3-16(4-8-20)21(24)27/h1-8,17-18H,9-14H2,(H2,24,27). The minimum absolute atomic E-state index is 0.0800. The van der Waals surface area contributed by atoms with Crippen molar-refractivity contribution < 1.29 is 14.0 Å². The highest BCUT2D eigenvalue weighted by Gasteiger charge is 2.38. The molecular weight excluding hydrogens is 357 g/mol. The van der Waals surface area contributed by atoms with Crippen LogP contribution in [0.15, 0.2) is 48.5 Å². The van der Waals surface area contributed by atoms with E-state index in [1.165, 1.54) is 12.1 Å². The van der Waals surface area contributed by atoms with Crippen LogP contribution in [0.25, 0.3) is 0 Å². The number of nitrogens with two attached hydrogens (primary N) is 1. The van der Waals surface area contributed by atoms with Crippen molar-refractivity contribution in [1.82, 2.24) is 4.90 Å². The van der Waals surface area contributed by atoms with Crippen LogP contribution >= 0.6 is 0 Å². The van der Waals surface area contributed by atoms with Crippen LogP contribution in [0, 0.1) is 11.7 Å². The number of nitrogens with zero attached hydrogens (tertiary/aromatic N) is 2. The van der Waals surface area contributed by atoms with Gasteiger partial charge in [-0.3, -0.25) is 9.59 Å². The fraction of sp³-hybridized carbons (Fsp3) is 0.364. The monoisotopic (exact) mass is 381 g/mol. The van der Waals surface area contributed by atoms with Gasteiger partial charge in [-0.15, -0.1) is 0 Å². The van der Waals surface area contributed by atoms with E-state index in [0.717, 1.165) is 37.2 Å². The average molecular weight is 381 g/mol. The van der Waals surface area contributed by atoms with Gasteiger partial charge in [0.1, 0.15) is 5.82 Å². The first-order valence-electron chi connectivity index (χ1n) is 9.70. The van der Waals surface area contributed by atoms with Crippen LogP contribution in [-0.2, 0) is 4.79 Å². The molecular formula is C22H24FN3O2. The first-order valence-corrected chi connectivity index (χ1v) is 9.70. The van der Waals surface area contributed by atoms with Gasteiger partial charge in [0.15, 0.2) is 0 Å². The van der Waals surface area contributed by atoms with Crippen LogP contribution in [-0.4, -0.2) is 42.9 Å². The Bertz CT molecular complexity index is 852. The Balaban J connectivity index is 1.27. The van der Waals surface area contributed by atoms with E-state index >= 15 is 0 Å². The summed E-state index contributed by atoms with van der Waals surface area (Å²) < 4.78 is 13.0. The third-order valence-corrected chi connectivity index (χ3v) is 5.94. The maximum atomic E-state index is 13.0. The topological polar surface area (TPSA) is 66.6 Å². The lowest BCUT2D eigenvalue weighted by atomic mass is 9.71. The largest absolute Gasteiger partial charge is 0.368 e. The number of carbonyl (C=O) groups is 2. The summed E-state index contributed by atoms with van der Waals surface area (Å²) in [5.41, 5.74) is 7.94. The molecule has 28 heavy (non-hydrogen) atoms. The molecule has 0 spiro atoms. The van der Waals surface area contributed by atoms with Crippen LogP contribution in [0.4, 0.5) is 10.1 Å². The number of carbonyl (C=O) groups excluding carboxylic acids is 2. The maximum Gasteiger partial charge on any atom is 0.248 e. The fourth-order valence-electron chi connectivity index (χ4n) is 4.11. The second-order valence-electron chi connectivity index (χ2n) is 7.64. The number of hydrogen-bond donors (Lipinski definition) is 1. The summed E-state index contributed by atoms with van der Waals surface area (Å²) in [6.45, 7) is 2.95. The number of rotatable bonds is 4. The molecule has 4 rings (SSSR count). The predicted molar refractivity (Wildman–Crippen MR) is 106 cm³/mol. The van der Waals surface area contributed by atoms with Crippen LogP contribution in [0.3, 0.4) is 0 Å². The van der Waals surface area contributed by atoms with Gasteiger partial charge in [-0.25, -0.2) is 4.39 Å². The summed E-state index contributed by atoms with van der Waals surface area (Å²) >= 11 is 0. The third kappa shape index (κ3) is 3.72. The Kier molecular flexibility index (Phi) is 5.03. The maximum absolute atomic E-state index is 13.0. The van der Waals surface area contributed by atoms with Gasteiger partial charge in [0.2, 0.25) is 11.8 Å². The SMILES string of the molecule is NC(=O)c1ccc(N2CCN(C(=O)C3CC(c4ccc(F)cc4)C3)CC2)cc1. The summed E-state index contributed by atoms with van der Waals surface area (Å²) in [6.07, 6.45) is 1.69. The Morgan fingerprint density at radius 3 is 2.07 bits per heavy atom. The van der Waals surface area contributed by atoms with Gasteiger partial charge < -0.3 is 15.5 Å². The zero-order valence-corrected chi connectivity index (χ0v) is 15.7. The molecule has 2 aliphatic rings. The van der Waals surface area contributed by atoms with E-state index in [0.29, 0.717) is 24.6 Å². The Morgan fingerprint density at radius 1 is 0.893 bits per heavy atom. The van der Waals surface area contributed by atoms with Crippen LogP contribution in [0.5, 0.6) is 0 Å². The minimum atomic E-state index is -0.429. The molecule has 1 aliphatic heterocycles. The molecule has 1 saturated heterocycles. The molecule has 2 N–H and O–H groups in total. The summed E-state index contributed by atoms with van der Waals surface area (Å²) in [5.74, 6) is 0.0254. The van der Waals surface area contributed by atoms with E-state index in [2.05, 4.69) is 4.90 Å². The number of halogens is 1. The molecule has 0 bridgehead atoms. The van der Waals surface area contributed by atoms with Gasteiger partial charge >= 0.3 is 0 Å². The average Bonchev–Trinajstić information content (AvgIpc) is 2.68. The third-order valence-electron chi connectivity index (χ3n) is 5.94. The predicted octanol–water partition coefficient (Wildman–Crippen LogP) is 2.77. The molecule has 1 saturated carbocycles. The zero-order valence-electron chi connectivity index (χ0n) is 15.7. The molecule has 146 valence electrons. The first kappa shape index (κ1) is 18.5. The Labute approximate surface area is 163 Å². The second-order valence-corrected chi connectivity index (χ2v) is 7.64. The minimum Gasteiger partial charge on any atom is -0.368 e. The van der Waals surface area contributed by atoms with E-state index in [9.17, 15) is 14.0 Å². The van der Waals surface area contributed by atoms with E-state index in [-0.39, 0.29) is 17.6 Å². The van der Waals surface area contributed by atoms with Crippen LogP contribution < -0.4 is 10.6 Å². The van der Waals surface area contributed by atoms with Gasteiger partial charge in [0, 0.05) is 43.3 Å². The normalized spacial score (nSPS) is 21.9. The quantitative estimate of drug-likeness (QED) is 0.886. The molecule has 2 amide bonds. The molecule has 6 heteroatoms. The second kappa shape index (κ2) is 7.62. The highest BCUT2D eigenvalue weighted by Crippen LogP contribution is 2.42. The number of hydrogen-bond acceptors (Lipinski definition) is 3. The number of anilines is 1. The Morgan fingerprint density at radius 2 is 1.50 bits per heavy atom. The molecule has 0 radical (unpaired) electrons. The van der Waals surface area contributed by atoms with Crippen molar-refractivity contribution in [1.29, 1.82) is 0 Å². The van der Waals surface area contributed by atoms with Gasteiger partial charge in [-0.05, 0) is 60.7 Å². The van der Waals surface area contributed by atoms with Crippen LogP contribution in [0.2, 0.25) is 0 Å². The molecule has 5 nitrogen and oxygen atoms in total. The highest BCUT2D eigenvalue weighted by molar-refractivity contribution is 5.93. The van der Waals surface area contributed by atoms with Gasteiger partial charge in [0.05, 0.1) is 0 Å². The number of amides is 2. The number of benzene rings is 2. The van der Waals surface area contributed by atoms with Crippen molar-refractivity contribution in [3.05, 3.63) is 65.5 Å². The van der Waals surface area contributed by atoms with Crippen molar-refractivity contribution in [2.24, 2.45) is 11.7 Å². The molecule has 1 heterocycles. The van der Waals surface area contributed by atoms with Crippen molar-refractivity contribution in [3.63, 3.8) is 0 Å². The smallest absolute Gasteiger partial charge is 0.248 e. The van der Waals surface area contributed by atoms with E-state index in [1.807, 2.05) is 29.2 Å². The van der Waals surface area contributed by atoms with Crippen molar-refractivity contribution >= 4 is 17.5 Å². The van der Waals surface area contributed by atoms with Crippen molar-refractivity contribution in [2.45, 2.75) is 18.8 Å². The molecule has 1 aliphatic carbocycles. The zero-order chi connectivity index (χ0) is 19.7. The molecule has 2 fully saturated rings. The van der Waals surface area contributed by atoms with Gasteiger partial charge in [0.25, 0.3) is 0 Å². The van der Waals surface area contributed by atoms with E-state index in [1.54, 1.807) is 12.1 Å². The summed E-state index contributed by atoms with van der Waals surface area (Å²) in [6, 6.07) is 13.9. The lowest BCUT2D eigenvalue weighted by Crippen LogP contribution is -2.51. The highest BCUT2D eigenvalue weighted by atomic mass is 19.1. The van der Waals surface area contributed by atoms with Crippen molar-refractivity contribution in [3.8, 4) is 0 Å². The molecule has 0 atom stereocenters. The van der Waals surface area contributed by atoms with Gasteiger partial charge in [-0.1, -0.05) is 12.1 Å². The first-order chi connectivity index (χ1) is 13.5. The molecule has 0 aromatic heterocycles. The van der Waals surface area contributed by atoms with E-state index in [4.69, 9.17) is 5.73 Å². The fourth-order valence-corrected chi connectivity index (χ4v) is 4.11. The summed E-state index contributed by atoms with van der Waals surface area (Å²) in [7, 11) is 0. The Hall–Kier alpha value is -2.89. The molecule has 2 aromatic rings. The number of primary amides is 1. The van der Waals surface area contributed by atoms with E-state index < -0.39 is 5.91 Å². The lowest BCUT2D eigenvalue weighted by molar-refractivity contribution is -0.139. The summed E-state index contributed by atoms with van der Waals surface area (Å²) in [5, 5.41) is 0.